The third kappa shape index (κ3) is 4.56. The summed E-state index contributed by atoms with van der Waals surface area (Å²) in [5.41, 5.74) is 2.81. The molecular formula is C24H38N2. The summed E-state index contributed by atoms with van der Waals surface area (Å²) in [5, 5.41) is 3.79. The summed E-state index contributed by atoms with van der Waals surface area (Å²) in [6.07, 6.45) is 21.1. The molecule has 3 aliphatic rings. The minimum absolute atomic E-state index is 0.697. The number of benzene rings is 1. The Balaban J connectivity index is 1.46. The van der Waals surface area contributed by atoms with Gasteiger partial charge in [-0.15, -0.1) is 0 Å². The molecule has 0 heterocycles. The van der Waals surface area contributed by atoms with Crippen LogP contribution in [0.5, 0.6) is 0 Å². The van der Waals surface area contributed by atoms with Gasteiger partial charge in [0.05, 0.1) is 0 Å². The van der Waals surface area contributed by atoms with Crippen LogP contribution in [-0.2, 0) is 0 Å². The molecule has 0 aromatic heterocycles. The van der Waals surface area contributed by atoms with Crippen LogP contribution < -0.4 is 10.2 Å². The van der Waals surface area contributed by atoms with E-state index in [1.165, 1.54) is 108 Å². The van der Waals surface area contributed by atoms with E-state index in [4.69, 9.17) is 0 Å². The van der Waals surface area contributed by atoms with Crippen molar-refractivity contribution in [3.63, 3.8) is 0 Å². The van der Waals surface area contributed by atoms with Crippen LogP contribution in [0.25, 0.3) is 0 Å². The van der Waals surface area contributed by atoms with Crippen LogP contribution >= 0.6 is 0 Å². The fourth-order valence-corrected chi connectivity index (χ4v) is 5.65. The zero-order valence-electron chi connectivity index (χ0n) is 16.6. The first-order chi connectivity index (χ1) is 12.9. The van der Waals surface area contributed by atoms with E-state index in [9.17, 15) is 0 Å². The van der Waals surface area contributed by atoms with E-state index in [2.05, 4.69) is 34.5 Å². The summed E-state index contributed by atoms with van der Waals surface area (Å²) in [7, 11) is 0. The van der Waals surface area contributed by atoms with E-state index in [1.54, 1.807) is 0 Å². The van der Waals surface area contributed by atoms with Gasteiger partial charge in [-0.05, 0) is 62.8 Å². The largest absolute Gasteiger partial charge is 0.382 e. The van der Waals surface area contributed by atoms with E-state index in [-0.39, 0.29) is 0 Å². The fraction of sp³-hybridized carbons (Fsp3) is 0.750. The number of nitrogens with zero attached hydrogens (tertiary/aromatic N) is 1. The van der Waals surface area contributed by atoms with Gasteiger partial charge < -0.3 is 10.2 Å². The Morgan fingerprint density at radius 1 is 0.577 bits per heavy atom. The highest BCUT2D eigenvalue weighted by molar-refractivity contribution is 5.56. The van der Waals surface area contributed by atoms with Crippen LogP contribution in [0.4, 0.5) is 11.4 Å². The number of rotatable bonds is 5. The molecule has 144 valence electrons. The van der Waals surface area contributed by atoms with Gasteiger partial charge in [0.2, 0.25) is 0 Å². The Morgan fingerprint density at radius 2 is 1.04 bits per heavy atom. The SMILES string of the molecule is c1cc(N(C2CCCCC2)C2CCCCC2)ccc1NC1CCCCC1. The molecule has 2 heteroatoms. The molecule has 3 saturated carbocycles. The summed E-state index contributed by atoms with van der Waals surface area (Å²) < 4.78 is 0. The van der Waals surface area contributed by atoms with Gasteiger partial charge in [0, 0.05) is 29.5 Å². The van der Waals surface area contributed by atoms with Crippen molar-refractivity contribution >= 4 is 11.4 Å². The second-order valence-corrected chi connectivity index (χ2v) is 9.02. The molecule has 1 aromatic rings. The smallest absolute Gasteiger partial charge is 0.0372 e. The molecule has 26 heavy (non-hydrogen) atoms. The second-order valence-electron chi connectivity index (χ2n) is 9.02. The second kappa shape index (κ2) is 9.15. The average Bonchev–Trinajstić information content (AvgIpc) is 2.72. The van der Waals surface area contributed by atoms with Gasteiger partial charge in [0.25, 0.3) is 0 Å². The molecule has 1 N–H and O–H groups in total. The zero-order valence-corrected chi connectivity index (χ0v) is 16.6. The topological polar surface area (TPSA) is 15.3 Å². The Kier molecular flexibility index (Phi) is 6.40. The van der Waals surface area contributed by atoms with E-state index < -0.39 is 0 Å². The van der Waals surface area contributed by atoms with E-state index >= 15 is 0 Å². The number of nitrogens with one attached hydrogen (secondary N) is 1. The standard InChI is InChI=1S/C24H38N2/c1-4-10-20(11-5-1)25-21-16-18-24(19-17-21)26(22-12-6-2-7-13-22)23-14-8-3-9-15-23/h16-20,22-23,25H,1-15H2. The molecule has 0 radical (unpaired) electrons. The summed E-state index contributed by atoms with van der Waals surface area (Å²) in [5.74, 6) is 0. The molecular weight excluding hydrogens is 316 g/mol. The van der Waals surface area contributed by atoms with Crippen molar-refractivity contribution < 1.29 is 0 Å². The molecule has 0 saturated heterocycles. The zero-order chi connectivity index (χ0) is 17.6. The minimum Gasteiger partial charge on any atom is -0.382 e. The molecule has 2 nitrogen and oxygen atoms in total. The predicted molar refractivity (Wildman–Crippen MR) is 113 cm³/mol. The molecule has 0 amide bonds. The normalized spacial score (nSPS) is 23.7. The minimum atomic E-state index is 0.697. The van der Waals surface area contributed by atoms with Gasteiger partial charge in [-0.3, -0.25) is 0 Å². The summed E-state index contributed by atoms with van der Waals surface area (Å²) in [6.45, 7) is 0. The number of hydrogen-bond donors (Lipinski definition) is 1. The van der Waals surface area contributed by atoms with Crippen molar-refractivity contribution in [2.45, 2.75) is 114 Å². The molecule has 0 atom stereocenters. The van der Waals surface area contributed by atoms with Crippen molar-refractivity contribution in [1.29, 1.82) is 0 Å². The first-order valence-electron chi connectivity index (χ1n) is 11.5. The van der Waals surface area contributed by atoms with Gasteiger partial charge in [0.1, 0.15) is 0 Å². The molecule has 4 rings (SSSR count). The third-order valence-electron chi connectivity index (χ3n) is 7.08. The van der Waals surface area contributed by atoms with Gasteiger partial charge in [-0.2, -0.15) is 0 Å². The van der Waals surface area contributed by atoms with E-state index in [0.717, 1.165) is 12.1 Å². The summed E-state index contributed by atoms with van der Waals surface area (Å²) >= 11 is 0. The van der Waals surface area contributed by atoms with Gasteiger partial charge >= 0.3 is 0 Å². The van der Waals surface area contributed by atoms with Gasteiger partial charge in [-0.25, -0.2) is 0 Å². The van der Waals surface area contributed by atoms with Crippen LogP contribution in [0, 0.1) is 0 Å². The maximum Gasteiger partial charge on any atom is 0.0372 e. The lowest BCUT2D eigenvalue weighted by Crippen LogP contribution is -2.45. The van der Waals surface area contributed by atoms with Crippen LogP contribution in [0.1, 0.15) is 96.3 Å². The van der Waals surface area contributed by atoms with Crippen molar-refractivity contribution in [3.05, 3.63) is 24.3 Å². The highest BCUT2D eigenvalue weighted by Crippen LogP contribution is 2.35. The maximum atomic E-state index is 3.79. The molecule has 0 spiro atoms. The Labute approximate surface area is 160 Å². The quantitative estimate of drug-likeness (QED) is 0.618. The van der Waals surface area contributed by atoms with Crippen LogP contribution in [0.2, 0.25) is 0 Å². The lowest BCUT2D eigenvalue weighted by Gasteiger charge is -2.43. The third-order valence-corrected chi connectivity index (χ3v) is 7.08. The average molecular weight is 355 g/mol. The van der Waals surface area contributed by atoms with E-state index in [0.29, 0.717) is 6.04 Å². The number of hydrogen-bond acceptors (Lipinski definition) is 2. The first kappa shape index (κ1) is 18.2. The van der Waals surface area contributed by atoms with Crippen molar-refractivity contribution in [2.75, 3.05) is 10.2 Å². The summed E-state index contributed by atoms with van der Waals surface area (Å²) in [4.78, 5) is 2.85. The van der Waals surface area contributed by atoms with Gasteiger partial charge in [0.15, 0.2) is 0 Å². The first-order valence-corrected chi connectivity index (χ1v) is 11.5. The lowest BCUT2D eigenvalue weighted by atomic mass is 9.88. The molecule has 1 aromatic carbocycles. The van der Waals surface area contributed by atoms with Crippen LogP contribution in [0.15, 0.2) is 24.3 Å². The Bertz CT molecular complexity index is 502. The monoisotopic (exact) mass is 354 g/mol. The highest BCUT2D eigenvalue weighted by Gasteiger charge is 2.29. The highest BCUT2D eigenvalue weighted by atomic mass is 15.2. The summed E-state index contributed by atoms with van der Waals surface area (Å²) in [6, 6.07) is 11.8. The Hall–Kier alpha value is -1.18. The van der Waals surface area contributed by atoms with Gasteiger partial charge in [-0.1, -0.05) is 57.8 Å². The molecule has 0 bridgehead atoms. The van der Waals surface area contributed by atoms with Crippen molar-refractivity contribution in [1.82, 2.24) is 0 Å². The van der Waals surface area contributed by atoms with Crippen molar-refractivity contribution in [2.24, 2.45) is 0 Å². The number of anilines is 2. The van der Waals surface area contributed by atoms with Crippen LogP contribution in [-0.4, -0.2) is 18.1 Å². The molecule has 0 unspecified atom stereocenters. The van der Waals surface area contributed by atoms with Crippen molar-refractivity contribution in [3.8, 4) is 0 Å². The predicted octanol–water partition coefficient (Wildman–Crippen LogP) is 6.90. The van der Waals surface area contributed by atoms with E-state index in [1.807, 2.05) is 0 Å². The fourth-order valence-electron chi connectivity index (χ4n) is 5.65. The molecule has 0 aliphatic heterocycles. The maximum absolute atomic E-state index is 3.79. The lowest BCUT2D eigenvalue weighted by molar-refractivity contribution is 0.340. The Morgan fingerprint density at radius 3 is 1.54 bits per heavy atom. The molecule has 3 fully saturated rings. The molecule has 3 aliphatic carbocycles. The van der Waals surface area contributed by atoms with Crippen LogP contribution in [0.3, 0.4) is 0 Å².